The molecule has 0 saturated carbocycles. The van der Waals surface area contributed by atoms with Crippen molar-refractivity contribution in [1.82, 2.24) is 0 Å². The second-order valence-electron chi connectivity index (χ2n) is 2.97. The summed E-state index contributed by atoms with van der Waals surface area (Å²) in [6.45, 7) is 2.99. The van der Waals surface area contributed by atoms with Gasteiger partial charge in [-0.2, -0.15) is 15.8 Å². The van der Waals surface area contributed by atoms with E-state index in [-0.39, 0.29) is 22.6 Å². The number of nitrogens with zero attached hydrogens (tertiary/aromatic N) is 3. The Morgan fingerprint density at radius 3 is 1.94 bits per heavy atom. The monoisotopic (exact) mass is 214 g/mol. The van der Waals surface area contributed by atoms with Crippen LogP contribution in [-0.2, 0) is 0 Å². The van der Waals surface area contributed by atoms with Crippen molar-refractivity contribution >= 4 is 0 Å². The predicted octanol–water partition coefficient (Wildman–Crippen LogP) is 1.55. The number of allylic oxidation sites excluding steroid dienone is 5. The van der Waals surface area contributed by atoms with E-state index in [0.29, 0.717) is 5.57 Å². The Kier molecular flexibility index (Phi) is 4.90. The molecule has 80 valence electrons. The van der Waals surface area contributed by atoms with Crippen molar-refractivity contribution in [3.63, 3.8) is 0 Å². The fourth-order valence-electron chi connectivity index (χ4n) is 1.02. The van der Waals surface area contributed by atoms with Crippen LogP contribution in [0.3, 0.4) is 0 Å². The third kappa shape index (κ3) is 3.21. The van der Waals surface area contributed by atoms with Crippen LogP contribution in [0.5, 0.6) is 0 Å². The second-order valence-corrected chi connectivity index (χ2v) is 2.97. The maximum atomic E-state index is 9.03. The van der Waals surface area contributed by atoms with Crippen LogP contribution in [0, 0.1) is 34.0 Å². The van der Waals surface area contributed by atoms with Crippen molar-refractivity contribution in [2.24, 2.45) is 5.73 Å². The molecule has 3 N–H and O–H groups in total. The van der Waals surface area contributed by atoms with Gasteiger partial charge in [0.05, 0.1) is 17.0 Å². The number of nitriles is 3. The number of hydrogen-bond donors (Lipinski definition) is 2. The first-order chi connectivity index (χ1) is 7.47. The molecule has 0 amide bonds. The topological polar surface area (TPSA) is 118 Å². The van der Waals surface area contributed by atoms with E-state index >= 15 is 0 Å². The number of aliphatic hydroxyl groups excluding tert-OH is 1. The molecule has 16 heavy (non-hydrogen) atoms. The van der Waals surface area contributed by atoms with E-state index in [0.717, 1.165) is 0 Å². The lowest BCUT2D eigenvalue weighted by Gasteiger charge is -2.02. The molecule has 0 radical (unpaired) electrons. The third-order valence-corrected chi connectivity index (χ3v) is 1.69. The molecular formula is C11H10N4O. The molecule has 5 heteroatoms. The molecule has 0 bridgehead atoms. The summed E-state index contributed by atoms with van der Waals surface area (Å²) in [6.07, 6.45) is 1.33. The Morgan fingerprint density at radius 1 is 1.12 bits per heavy atom. The molecule has 0 unspecified atom stereocenters. The highest BCUT2D eigenvalue weighted by atomic mass is 16.3. The summed E-state index contributed by atoms with van der Waals surface area (Å²) >= 11 is 0. The van der Waals surface area contributed by atoms with Gasteiger partial charge in [-0.3, -0.25) is 0 Å². The SMILES string of the molecule is CC(O)=CC(C)=C(C#N)C(N)=C(C#N)C#N. The molecule has 0 aromatic rings. The number of rotatable bonds is 2. The van der Waals surface area contributed by atoms with Crippen molar-refractivity contribution in [3.05, 3.63) is 34.3 Å². The maximum absolute atomic E-state index is 9.03. The molecule has 0 fully saturated rings. The molecule has 0 aliphatic carbocycles. The highest BCUT2D eigenvalue weighted by molar-refractivity contribution is 5.55. The van der Waals surface area contributed by atoms with E-state index in [2.05, 4.69) is 0 Å². The summed E-state index contributed by atoms with van der Waals surface area (Å²) in [6, 6.07) is 4.99. The van der Waals surface area contributed by atoms with Gasteiger partial charge < -0.3 is 10.8 Å². The van der Waals surface area contributed by atoms with Gasteiger partial charge in [0.1, 0.15) is 18.2 Å². The highest BCUT2D eigenvalue weighted by Crippen LogP contribution is 2.15. The van der Waals surface area contributed by atoms with Gasteiger partial charge in [-0.05, 0) is 25.5 Å². The van der Waals surface area contributed by atoms with Gasteiger partial charge in [-0.1, -0.05) is 0 Å². The summed E-state index contributed by atoms with van der Waals surface area (Å²) in [5, 5.41) is 35.1. The number of aliphatic hydroxyl groups is 1. The molecule has 5 nitrogen and oxygen atoms in total. The lowest BCUT2D eigenvalue weighted by atomic mass is 10.0. The van der Waals surface area contributed by atoms with Crippen molar-refractivity contribution in [2.45, 2.75) is 13.8 Å². The van der Waals surface area contributed by atoms with E-state index in [1.165, 1.54) is 13.0 Å². The average Bonchev–Trinajstić information content (AvgIpc) is 2.19. The maximum Gasteiger partial charge on any atom is 0.153 e. The largest absolute Gasteiger partial charge is 0.513 e. The number of nitrogens with two attached hydrogens (primary N) is 1. The lowest BCUT2D eigenvalue weighted by Crippen LogP contribution is -2.05. The van der Waals surface area contributed by atoms with E-state index < -0.39 is 0 Å². The predicted molar refractivity (Wildman–Crippen MR) is 57.1 cm³/mol. The van der Waals surface area contributed by atoms with E-state index in [4.69, 9.17) is 26.6 Å². The zero-order valence-electron chi connectivity index (χ0n) is 8.94. The van der Waals surface area contributed by atoms with Crippen LogP contribution in [0.2, 0.25) is 0 Å². The van der Waals surface area contributed by atoms with Gasteiger partial charge in [0.15, 0.2) is 5.57 Å². The van der Waals surface area contributed by atoms with Gasteiger partial charge in [0.2, 0.25) is 0 Å². The fourth-order valence-corrected chi connectivity index (χ4v) is 1.02. The van der Waals surface area contributed by atoms with Gasteiger partial charge in [-0.15, -0.1) is 0 Å². The molecule has 0 rings (SSSR count). The standard InChI is InChI=1S/C11H10N4O/c1-7(3-8(2)16)10(6-14)11(15)9(4-12)5-13/h3,16H,15H2,1-2H3. The normalized spacial score (nSPS) is 11.6. The molecule has 0 heterocycles. The molecule has 0 aromatic heterocycles. The molecule has 0 aliphatic heterocycles. The van der Waals surface area contributed by atoms with Crippen molar-refractivity contribution < 1.29 is 5.11 Å². The second kappa shape index (κ2) is 5.90. The molecule has 0 spiro atoms. The van der Waals surface area contributed by atoms with Gasteiger partial charge >= 0.3 is 0 Å². The van der Waals surface area contributed by atoms with E-state index in [1.807, 2.05) is 0 Å². The minimum atomic E-state index is -0.320. The first-order valence-corrected chi connectivity index (χ1v) is 4.26. The number of hydrogen-bond acceptors (Lipinski definition) is 5. The van der Waals surface area contributed by atoms with Crippen LogP contribution in [0.25, 0.3) is 0 Å². The van der Waals surface area contributed by atoms with Gasteiger partial charge in [0.25, 0.3) is 0 Å². The quantitative estimate of drug-likeness (QED) is 0.410. The van der Waals surface area contributed by atoms with Crippen LogP contribution in [-0.4, -0.2) is 5.11 Å². The Balaban J connectivity index is 5.81. The summed E-state index contributed by atoms with van der Waals surface area (Å²) in [5.41, 5.74) is 5.41. The molecule has 0 aromatic carbocycles. The average molecular weight is 214 g/mol. The fraction of sp³-hybridized carbons (Fsp3) is 0.182. The van der Waals surface area contributed by atoms with Crippen LogP contribution >= 0.6 is 0 Å². The Bertz CT molecular complexity index is 484. The first kappa shape index (κ1) is 13.3. The zero-order chi connectivity index (χ0) is 12.7. The first-order valence-electron chi connectivity index (χ1n) is 4.26. The lowest BCUT2D eigenvalue weighted by molar-refractivity contribution is 0.414. The van der Waals surface area contributed by atoms with Crippen molar-refractivity contribution in [1.29, 1.82) is 15.8 Å². The van der Waals surface area contributed by atoms with E-state index in [9.17, 15) is 0 Å². The highest BCUT2D eigenvalue weighted by Gasteiger charge is 2.10. The third-order valence-electron chi connectivity index (χ3n) is 1.69. The van der Waals surface area contributed by atoms with Crippen LogP contribution in [0.15, 0.2) is 34.3 Å². The van der Waals surface area contributed by atoms with Crippen LogP contribution < -0.4 is 5.73 Å². The zero-order valence-corrected chi connectivity index (χ0v) is 8.94. The van der Waals surface area contributed by atoms with Gasteiger partial charge in [0, 0.05) is 0 Å². The summed E-state index contributed by atoms with van der Waals surface area (Å²) in [4.78, 5) is 0. The van der Waals surface area contributed by atoms with E-state index in [1.54, 1.807) is 25.1 Å². The summed E-state index contributed by atoms with van der Waals surface area (Å²) < 4.78 is 0. The van der Waals surface area contributed by atoms with Gasteiger partial charge in [-0.25, -0.2) is 0 Å². The minimum absolute atomic E-state index is 0.00602. The van der Waals surface area contributed by atoms with Crippen LogP contribution in [0.1, 0.15) is 13.8 Å². The summed E-state index contributed by atoms with van der Waals surface area (Å²) in [7, 11) is 0. The van der Waals surface area contributed by atoms with Crippen molar-refractivity contribution in [3.8, 4) is 18.2 Å². The molecular weight excluding hydrogens is 204 g/mol. The summed E-state index contributed by atoms with van der Waals surface area (Å²) in [5.74, 6) is 0.00788. The Morgan fingerprint density at radius 2 is 1.62 bits per heavy atom. The molecule has 0 atom stereocenters. The molecule has 0 aliphatic rings. The molecule has 0 saturated heterocycles. The Hall–Kier alpha value is -2.71. The van der Waals surface area contributed by atoms with Crippen molar-refractivity contribution in [2.75, 3.05) is 0 Å². The minimum Gasteiger partial charge on any atom is -0.513 e. The smallest absolute Gasteiger partial charge is 0.153 e. The Labute approximate surface area is 93.6 Å². The van der Waals surface area contributed by atoms with Crippen LogP contribution in [0.4, 0.5) is 0 Å².